The Hall–Kier alpha value is -1.62. The summed E-state index contributed by atoms with van der Waals surface area (Å²) in [7, 11) is 0. The molecule has 0 atom stereocenters. The van der Waals surface area contributed by atoms with Gasteiger partial charge in [-0.3, -0.25) is 10.1 Å². The van der Waals surface area contributed by atoms with Crippen molar-refractivity contribution >= 4 is 5.69 Å². The molecule has 2 rings (SSSR count). The first-order valence-electron chi connectivity index (χ1n) is 7.69. The zero-order valence-electron chi connectivity index (χ0n) is 13.0. The van der Waals surface area contributed by atoms with Crippen LogP contribution in [-0.2, 0) is 6.42 Å². The maximum absolute atomic E-state index is 10.8. The molecule has 116 valence electrons. The quantitative estimate of drug-likeness (QED) is 0.616. The van der Waals surface area contributed by atoms with Crippen molar-refractivity contribution in [2.24, 2.45) is 0 Å². The van der Waals surface area contributed by atoms with Crippen molar-refractivity contribution in [1.29, 1.82) is 0 Å². The van der Waals surface area contributed by atoms with Crippen molar-refractivity contribution in [3.05, 3.63) is 33.9 Å². The van der Waals surface area contributed by atoms with Gasteiger partial charge in [-0.1, -0.05) is 6.92 Å². The Morgan fingerprint density at radius 1 is 1.38 bits per heavy atom. The average Bonchev–Trinajstić information content (AvgIpc) is 2.48. The Labute approximate surface area is 126 Å². The molecule has 0 unspecified atom stereocenters. The van der Waals surface area contributed by atoms with Crippen LogP contribution in [0.3, 0.4) is 0 Å². The van der Waals surface area contributed by atoms with Crippen LogP contribution in [0.15, 0.2) is 18.2 Å². The zero-order chi connectivity index (χ0) is 15.4. The molecule has 0 saturated carbocycles. The van der Waals surface area contributed by atoms with Gasteiger partial charge in [0, 0.05) is 36.8 Å². The van der Waals surface area contributed by atoms with Gasteiger partial charge in [-0.15, -0.1) is 0 Å². The van der Waals surface area contributed by atoms with Gasteiger partial charge in [-0.2, -0.15) is 0 Å². The predicted octanol–water partition coefficient (Wildman–Crippen LogP) is 3.41. The monoisotopic (exact) mass is 292 g/mol. The number of rotatable bonds is 5. The van der Waals surface area contributed by atoms with Gasteiger partial charge in [0.25, 0.3) is 5.69 Å². The number of nitrogens with zero attached hydrogens (tertiary/aromatic N) is 2. The summed E-state index contributed by atoms with van der Waals surface area (Å²) in [5.41, 5.74) is 1.05. The number of piperidine rings is 1. The molecule has 1 heterocycles. The third kappa shape index (κ3) is 3.94. The number of aryl methyl sites for hydroxylation is 1. The van der Waals surface area contributed by atoms with Crippen LogP contribution in [0, 0.1) is 10.1 Å². The third-order valence-electron chi connectivity index (χ3n) is 4.14. The minimum Gasteiger partial charge on any atom is -0.490 e. The fraction of sp³-hybridized carbons (Fsp3) is 0.625. The maximum atomic E-state index is 10.8. The summed E-state index contributed by atoms with van der Waals surface area (Å²) in [4.78, 5) is 12.9. The van der Waals surface area contributed by atoms with Crippen molar-refractivity contribution < 1.29 is 9.66 Å². The lowest BCUT2D eigenvalue weighted by Crippen LogP contribution is -2.41. The summed E-state index contributed by atoms with van der Waals surface area (Å²) < 4.78 is 6.09. The highest BCUT2D eigenvalue weighted by Crippen LogP contribution is 2.27. The lowest BCUT2D eigenvalue weighted by molar-refractivity contribution is -0.384. The van der Waals surface area contributed by atoms with E-state index in [-0.39, 0.29) is 16.7 Å². The molecule has 0 N–H and O–H groups in total. The third-order valence-corrected chi connectivity index (χ3v) is 4.14. The largest absolute Gasteiger partial charge is 0.490 e. The van der Waals surface area contributed by atoms with Crippen LogP contribution in [0.25, 0.3) is 0 Å². The van der Waals surface area contributed by atoms with Crippen molar-refractivity contribution in [2.75, 3.05) is 13.1 Å². The topological polar surface area (TPSA) is 55.6 Å². The Kier molecular flexibility index (Phi) is 5.17. The van der Waals surface area contributed by atoms with Gasteiger partial charge in [-0.25, -0.2) is 0 Å². The molecular formula is C16H24N2O3. The standard InChI is InChI=1S/C16H24N2O3/c1-4-13-11-14(18(19)20)5-6-16(13)21-15-7-9-17(10-8-15)12(2)3/h5-6,11-12,15H,4,7-10H2,1-3H3. The molecular weight excluding hydrogens is 268 g/mol. The van der Waals surface area contributed by atoms with E-state index in [0.717, 1.165) is 43.7 Å². The van der Waals surface area contributed by atoms with E-state index >= 15 is 0 Å². The molecule has 0 amide bonds. The van der Waals surface area contributed by atoms with E-state index in [1.54, 1.807) is 12.1 Å². The highest BCUT2D eigenvalue weighted by molar-refractivity contribution is 5.43. The molecule has 0 radical (unpaired) electrons. The first kappa shape index (κ1) is 15.8. The summed E-state index contributed by atoms with van der Waals surface area (Å²) >= 11 is 0. The molecule has 5 nitrogen and oxygen atoms in total. The van der Waals surface area contributed by atoms with E-state index < -0.39 is 0 Å². The highest BCUT2D eigenvalue weighted by Gasteiger charge is 2.23. The fourth-order valence-corrected chi connectivity index (χ4v) is 2.76. The van der Waals surface area contributed by atoms with Gasteiger partial charge in [0.15, 0.2) is 0 Å². The summed E-state index contributed by atoms with van der Waals surface area (Å²) in [5, 5.41) is 10.8. The Morgan fingerprint density at radius 3 is 2.57 bits per heavy atom. The number of nitro groups is 1. The SMILES string of the molecule is CCc1cc([N+](=O)[O-])ccc1OC1CCN(C(C)C)CC1. The van der Waals surface area contributed by atoms with Gasteiger partial charge < -0.3 is 9.64 Å². The number of hydrogen-bond acceptors (Lipinski definition) is 4. The van der Waals surface area contributed by atoms with Crippen LogP contribution >= 0.6 is 0 Å². The lowest BCUT2D eigenvalue weighted by Gasteiger charge is -2.34. The summed E-state index contributed by atoms with van der Waals surface area (Å²) in [5.74, 6) is 0.797. The predicted molar refractivity (Wildman–Crippen MR) is 82.8 cm³/mol. The number of nitro benzene ring substituents is 1. The second kappa shape index (κ2) is 6.89. The number of ether oxygens (including phenoxy) is 1. The molecule has 1 fully saturated rings. The van der Waals surface area contributed by atoms with Crippen molar-refractivity contribution in [3.8, 4) is 5.75 Å². The van der Waals surface area contributed by atoms with Gasteiger partial charge in [0.05, 0.1) is 4.92 Å². The zero-order valence-corrected chi connectivity index (χ0v) is 13.0. The molecule has 0 aromatic heterocycles. The molecule has 1 aromatic rings. The maximum Gasteiger partial charge on any atom is 0.269 e. The number of hydrogen-bond donors (Lipinski definition) is 0. The molecule has 5 heteroatoms. The smallest absolute Gasteiger partial charge is 0.269 e. The van der Waals surface area contributed by atoms with Crippen LogP contribution in [0.4, 0.5) is 5.69 Å². The van der Waals surface area contributed by atoms with Crippen LogP contribution < -0.4 is 4.74 Å². The molecule has 1 aliphatic heterocycles. The van der Waals surface area contributed by atoms with E-state index in [4.69, 9.17) is 4.74 Å². The van der Waals surface area contributed by atoms with E-state index in [9.17, 15) is 10.1 Å². The van der Waals surface area contributed by atoms with Crippen molar-refractivity contribution in [3.63, 3.8) is 0 Å². The van der Waals surface area contributed by atoms with E-state index in [2.05, 4.69) is 18.7 Å². The average molecular weight is 292 g/mol. The summed E-state index contributed by atoms with van der Waals surface area (Å²) in [6.07, 6.45) is 2.98. The van der Waals surface area contributed by atoms with Crippen LogP contribution in [0.2, 0.25) is 0 Å². The summed E-state index contributed by atoms with van der Waals surface area (Å²) in [6, 6.07) is 5.47. The Balaban J connectivity index is 2.02. The molecule has 0 spiro atoms. The van der Waals surface area contributed by atoms with E-state index in [0.29, 0.717) is 6.04 Å². The molecule has 21 heavy (non-hydrogen) atoms. The number of non-ortho nitro benzene ring substituents is 1. The highest BCUT2D eigenvalue weighted by atomic mass is 16.6. The second-order valence-electron chi connectivity index (χ2n) is 5.85. The first-order chi connectivity index (χ1) is 10.0. The second-order valence-corrected chi connectivity index (χ2v) is 5.85. The van der Waals surface area contributed by atoms with Gasteiger partial charge in [0.1, 0.15) is 11.9 Å². The summed E-state index contributed by atoms with van der Waals surface area (Å²) in [6.45, 7) is 8.53. The number of likely N-dealkylation sites (tertiary alicyclic amines) is 1. The van der Waals surface area contributed by atoms with Gasteiger partial charge >= 0.3 is 0 Å². The van der Waals surface area contributed by atoms with Crippen LogP contribution in [0.1, 0.15) is 39.2 Å². The normalized spacial score (nSPS) is 17.1. The van der Waals surface area contributed by atoms with Gasteiger partial charge in [0.2, 0.25) is 0 Å². The minimum atomic E-state index is -0.357. The van der Waals surface area contributed by atoms with Gasteiger partial charge in [-0.05, 0) is 39.2 Å². The van der Waals surface area contributed by atoms with Crippen LogP contribution in [0.5, 0.6) is 5.75 Å². The molecule has 0 bridgehead atoms. The molecule has 1 saturated heterocycles. The molecule has 1 aliphatic rings. The molecule has 1 aromatic carbocycles. The lowest BCUT2D eigenvalue weighted by atomic mass is 10.1. The molecule has 0 aliphatic carbocycles. The Morgan fingerprint density at radius 2 is 2.05 bits per heavy atom. The van der Waals surface area contributed by atoms with E-state index in [1.807, 2.05) is 6.92 Å². The van der Waals surface area contributed by atoms with Crippen molar-refractivity contribution in [1.82, 2.24) is 4.90 Å². The fourth-order valence-electron chi connectivity index (χ4n) is 2.76. The Bertz CT molecular complexity index is 494. The van der Waals surface area contributed by atoms with Crippen molar-refractivity contribution in [2.45, 2.75) is 52.2 Å². The number of benzene rings is 1. The van der Waals surface area contributed by atoms with Crippen LogP contribution in [-0.4, -0.2) is 35.1 Å². The first-order valence-corrected chi connectivity index (χ1v) is 7.69. The van der Waals surface area contributed by atoms with E-state index in [1.165, 1.54) is 6.07 Å². The minimum absolute atomic E-state index is 0.133.